The molecule has 0 aliphatic rings. The topological polar surface area (TPSA) is 41.5 Å². The first kappa shape index (κ1) is 11.9. The molecule has 1 aromatic rings. The molecule has 0 bridgehead atoms. The van der Waals surface area contributed by atoms with Crippen molar-refractivity contribution in [1.29, 1.82) is 0 Å². The summed E-state index contributed by atoms with van der Waals surface area (Å²) in [4.78, 5) is 0. The number of aryl methyl sites for hydroxylation is 1. The summed E-state index contributed by atoms with van der Waals surface area (Å²) in [7, 11) is 3.39. The van der Waals surface area contributed by atoms with Gasteiger partial charge in [0.1, 0.15) is 11.5 Å². The average Bonchev–Trinajstić information content (AvgIpc) is 2.09. The number of phenols is 1. The highest BCUT2D eigenvalue weighted by Gasteiger charge is 2.04. The Labute approximate surface area is 84.1 Å². The van der Waals surface area contributed by atoms with E-state index in [-0.39, 0.29) is 18.2 Å². The fourth-order valence-corrected chi connectivity index (χ4v) is 1.03. The van der Waals surface area contributed by atoms with Crippen molar-refractivity contribution in [3.8, 4) is 11.5 Å². The summed E-state index contributed by atoms with van der Waals surface area (Å²) in [6.45, 7) is 1.83. The SMILES string of the molecule is CNc1cc(O)c(C)cc1OC.Cl. The van der Waals surface area contributed by atoms with Crippen molar-refractivity contribution in [3.63, 3.8) is 0 Å². The van der Waals surface area contributed by atoms with Gasteiger partial charge in [-0.2, -0.15) is 0 Å². The van der Waals surface area contributed by atoms with E-state index in [4.69, 9.17) is 4.74 Å². The number of hydrogen-bond donors (Lipinski definition) is 2. The molecular formula is C9H14ClNO2. The number of aromatic hydroxyl groups is 1. The van der Waals surface area contributed by atoms with Crippen LogP contribution in [0.4, 0.5) is 5.69 Å². The fourth-order valence-electron chi connectivity index (χ4n) is 1.03. The van der Waals surface area contributed by atoms with Crippen LogP contribution in [-0.2, 0) is 0 Å². The lowest BCUT2D eigenvalue weighted by Crippen LogP contribution is -1.94. The van der Waals surface area contributed by atoms with E-state index < -0.39 is 0 Å². The van der Waals surface area contributed by atoms with Crippen LogP contribution in [0.1, 0.15) is 5.56 Å². The number of benzene rings is 1. The first-order chi connectivity index (χ1) is 5.69. The molecule has 1 rings (SSSR count). The Hall–Kier alpha value is -1.09. The molecule has 2 N–H and O–H groups in total. The normalized spacial score (nSPS) is 8.85. The van der Waals surface area contributed by atoms with E-state index in [1.807, 2.05) is 6.92 Å². The Bertz CT molecular complexity index is 260. The van der Waals surface area contributed by atoms with Crippen molar-refractivity contribution in [2.45, 2.75) is 6.92 Å². The van der Waals surface area contributed by atoms with Crippen molar-refractivity contribution < 1.29 is 9.84 Å². The fraction of sp³-hybridized carbons (Fsp3) is 0.333. The Morgan fingerprint density at radius 2 is 2.00 bits per heavy atom. The van der Waals surface area contributed by atoms with Crippen LogP contribution in [0.2, 0.25) is 0 Å². The van der Waals surface area contributed by atoms with Gasteiger partial charge >= 0.3 is 0 Å². The van der Waals surface area contributed by atoms with E-state index in [9.17, 15) is 5.11 Å². The minimum Gasteiger partial charge on any atom is -0.508 e. The van der Waals surface area contributed by atoms with Gasteiger partial charge in [0.05, 0.1) is 12.8 Å². The lowest BCUT2D eigenvalue weighted by molar-refractivity contribution is 0.413. The standard InChI is InChI=1S/C9H13NO2.ClH/c1-6-4-9(12-3)7(10-2)5-8(6)11;/h4-5,10-11H,1-3H3;1H. The van der Waals surface area contributed by atoms with Gasteiger partial charge in [0.2, 0.25) is 0 Å². The molecule has 0 amide bonds. The Morgan fingerprint density at radius 3 is 2.46 bits per heavy atom. The third-order valence-corrected chi connectivity index (χ3v) is 1.79. The van der Waals surface area contributed by atoms with E-state index in [0.717, 1.165) is 17.0 Å². The van der Waals surface area contributed by atoms with Crippen LogP contribution in [0.3, 0.4) is 0 Å². The lowest BCUT2D eigenvalue weighted by atomic mass is 10.2. The highest BCUT2D eigenvalue weighted by Crippen LogP contribution is 2.30. The van der Waals surface area contributed by atoms with Crippen LogP contribution in [0.5, 0.6) is 11.5 Å². The monoisotopic (exact) mass is 203 g/mol. The molecule has 0 aliphatic carbocycles. The van der Waals surface area contributed by atoms with Crippen molar-refractivity contribution in [2.75, 3.05) is 19.5 Å². The number of methoxy groups -OCH3 is 1. The van der Waals surface area contributed by atoms with Crippen molar-refractivity contribution >= 4 is 18.1 Å². The zero-order valence-corrected chi connectivity index (χ0v) is 8.73. The van der Waals surface area contributed by atoms with Crippen LogP contribution >= 0.6 is 12.4 Å². The van der Waals surface area contributed by atoms with Crippen molar-refractivity contribution in [2.24, 2.45) is 0 Å². The molecule has 0 aliphatic heterocycles. The van der Waals surface area contributed by atoms with Gasteiger partial charge in [-0.3, -0.25) is 0 Å². The van der Waals surface area contributed by atoms with Gasteiger partial charge in [0, 0.05) is 13.1 Å². The second kappa shape index (κ2) is 4.82. The smallest absolute Gasteiger partial charge is 0.142 e. The van der Waals surface area contributed by atoms with Crippen molar-refractivity contribution in [1.82, 2.24) is 0 Å². The maximum atomic E-state index is 9.36. The van der Waals surface area contributed by atoms with E-state index in [1.165, 1.54) is 0 Å². The minimum atomic E-state index is 0. The maximum Gasteiger partial charge on any atom is 0.142 e. The maximum absolute atomic E-state index is 9.36. The van der Waals surface area contributed by atoms with Gasteiger partial charge in [-0.15, -0.1) is 12.4 Å². The first-order valence-electron chi connectivity index (χ1n) is 3.74. The molecule has 0 atom stereocenters. The number of phenolic OH excluding ortho intramolecular Hbond substituents is 1. The number of hydrogen-bond acceptors (Lipinski definition) is 3. The lowest BCUT2D eigenvalue weighted by Gasteiger charge is -2.09. The molecule has 0 aromatic heterocycles. The summed E-state index contributed by atoms with van der Waals surface area (Å²) in [6.07, 6.45) is 0. The summed E-state index contributed by atoms with van der Waals surface area (Å²) in [5, 5.41) is 12.3. The largest absolute Gasteiger partial charge is 0.508 e. The van der Waals surface area contributed by atoms with Crippen LogP contribution in [-0.4, -0.2) is 19.3 Å². The van der Waals surface area contributed by atoms with Gasteiger partial charge in [0.25, 0.3) is 0 Å². The molecule has 0 fully saturated rings. The second-order valence-electron chi connectivity index (χ2n) is 2.59. The second-order valence-corrected chi connectivity index (χ2v) is 2.59. The molecule has 4 heteroatoms. The average molecular weight is 204 g/mol. The molecule has 0 saturated heterocycles. The molecule has 0 spiro atoms. The zero-order valence-electron chi connectivity index (χ0n) is 7.92. The third kappa shape index (κ3) is 2.42. The molecule has 0 unspecified atom stereocenters. The van der Waals surface area contributed by atoms with E-state index >= 15 is 0 Å². The van der Waals surface area contributed by atoms with Gasteiger partial charge < -0.3 is 15.2 Å². The summed E-state index contributed by atoms with van der Waals surface area (Å²) in [5.74, 6) is 1.02. The number of rotatable bonds is 2. The predicted octanol–water partition coefficient (Wildman–Crippen LogP) is 2.17. The molecule has 0 radical (unpaired) electrons. The van der Waals surface area contributed by atoms with Crippen LogP contribution in [0.25, 0.3) is 0 Å². The molecule has 74 valence electrons. The number of halogens is 1. The molecule has 1 aromatic carbocycles. The van der Waals surface area contributed by atoms with Crippen LogP contribution in [0, 0.1) is 6.92 Å². The number of ether oxygens (including phenoxy) is 1. The highest BCUT2D eigenvalue weighted by molar-refractivity contribution is 5.85. The van der Waals surface area contributed by atoms with E-state index in [0.29, 0.717) is 0 Å². The van der Waals surface area contributed by atoms with Crippen LogP contribution < -0.4 is 10.1 Å². The molecular weight excluding hydrogens is 190 g/mol. The van der Waals surface area contributed by atoms with Gasteiger partial charge in [0.15, 0.2) is 0 Å². The minimum absolute atomic E-state index is 0. The summed E-state index contributed by atoms with van der Waals surface area (Å²) in [5.41, 5.74) is 1.60. The van der Waals surface area contributed by atoms with Crippen molar-refractivity contribution in [3.05, 3.63) is 17.7 Å². The summed E-state index contributed by atoms with van der Waals surface area (Å²) in [6, 6.07) is 3.44. The van der Waals surface area contributed by atoms with E-state index in [2.05, 4.69) is 5.32 Å². The Kier molecular flexibility index (Phi) is 4.42. The van der Waals surface area contributed by atoms with E-state index in [1.54, 1.807) is 26.3 Å². The van der Waals surface area contributed by atoms with Gasteiger partial charge in [-0.25, -0.2) is 0 Å². The van der Waals surface area contributed by atoms with Gasteiger partial charge in [-0.1, -0.05) is 0 Å². The first-order valence-corrected chi connectivity index (χ1v) is 3.74. The van der Waals surface area contributed by atoms with Gasteiger partial charge in [-0.05, 0) is 18.6 Å². The molecule has 0 heterocycles. The number of anilines is 1. The molecule has 3 nitrogen and oxygen atoms in total. The quantitative estimate of drug-likeness (QED) is 0.774. The summed E-state index contributed by atoms with van der Waals surface area (Å²) >= 11 is 0. The van der Waals surface area contributed by atoms with Crippen LogP contribution in [0.15, 0.2) is 12.1 Å². The highest BCUT2D eigenvalue weighted by atomic mass is 35.5. The summed E-state index contributed by atoms with van der Waals surface area (Å²) < 4.78 is 5.10. The number of nitrogens with one attached hydrogen (secondary N) is 1. The zero-order chi connectivity index (χ0) is 9.14. The molecule has 0 saturated carbocycles. The Balaban J connectivity index is 0.00000144. The third-order valence-electron chi connectivity index (χ3n) is 1.79. The Morgan fingerprint density at radius 1 is 1.38 bits per heavy atom. The predicted molar refractivity (Wildman–Crippen MR) is 56.2 cm³/mol. The molecule has 13 heavy (non-hydrogen) atoms.